The minimum atomic E-state index is -0.267. The summed E-state index contributed by atoms with van der Waals surface area (Å²) in [5.41, 5.74) is 9.47. The molecule has 0 fully saturated rings. The third-order valence-corrected chi connectivity index (χ3v) is 6.46. The van der Waals surface area contributed by atoms with Gasteiger partial charge >= 0.3 is 0 Å². The molecule has 0 aliphatic heterocycles. The predicted molar refractivity (Wildman–Crippen MR) is 125 cm³/mol. The topological polar surface area (TPSA) is 90.1 Å². The van der Waals surface area contributed by atoms with Crippen molar-refractivity contribution in [1.29, 1.82) is 0 Å². The molecule has 0 aliphatic rings. The maximum atomic E-state index is 12.8. The standard InChI is InChI=1S/C22H22N4O2S2/c1-12(2)10-14-6-9-16-18(23)19(30-21(16)24-14)20(27)26-22-25-17(11-29-22)13-4-7-15(28-3)8-5-13/h4-9,11-12H,10,23H2,1-3H3,(H,25,26,27). The summed E-state index contributed by atoms with van der Waals surface area (Å²) in [5, 5.41) is 6.11. The molecule has 3 N–H and O–H groups in total. The molecule has 0 unspecified atom stereocenters. The first-order valence-corrected chi connectivity index (χ1v) is 11.2. The van der Waals surface area contributed by atoms with Gasteiger partial charge in [-0.1, -0.05) is 13.8 Å². The second kappa shape index (κ2) is 8.41. The van der Waals surface area contributed by atoms with E-state index in [9.17, 15) is 4.79 Å². The van der Waals surface area contributed by atoms with Gasteiger partial charge in [-0.25, -0.2) is 9.97 Å². The van der Waals surface area contributed by atoms with Crippen molar-refractivity contribution in [3.8, 4) is 17.0 Å². The van der Waals surface area contributed by atoms with Crippen LogP contribution in [0.3, 0.4) is 0 Å². The van der Waals surface area contributed by atoms with E-state index in [1.54, 1.807) is 7.11 Å². The van der Waals surface area contributed by atoms with Gasteiger partial charge in [-0.05, 0) is 48.7 Å². The van der Waals surface area contributed by atoms with E-state index in [0.29, 0.717) is 21.6 Å². The number of nitrogen functional groups attached to an aromatic ring is 1. The van der Waals surface area contributed by atoms with Crippen LogP contribution in [-0.4, -0.2) is 23.0 Å². The maximum Gasteiger partial charge on any atom is 0.269 e. The highest BCUT2D eigenvalue weighted by molar-refractivity contribution is 7.21. The number of rotatable bonds is 6. The van der Waals surface area contributed by atoms with Crippen molar-refractivity contribution in [2.75, 3.05) is 18.2 Å². The summed E-state index contributed by atoms with van der Waals surface area (Å²) >= 11 is 2.69. The molecule has 4 aromatic rings. The number of nitrogens with two attached hydrogens (primary N) is 1. The van der Waals surface area contributed by atoms with E-state index in [4.69, 9.17) is 10.5 Å². The van der Waals surface area contributed by atoms with Gasteiger partial charge < -0.3 is 10.5 Å². The van der Waals surface area contributed by atoms with Crippen LogP contribution in [0.2, 0.25) is 0 Å². The number of aromatic nitrogens is 2. The Morgan fingerprint density at radius 1 is 1.17 bits per heavy atom. The molecule has 3 aromatic heterocycles. The van der Waals surface area contributed by atoms with Crippen LogP contribution in [0.4, 0.5) is 10.8 Å². The minimum Gasteiger partial charge on any atom is -0.497 e. The number of thiophene rings is 1. The van der Waals surface area contributed by atoms with Gasteiger partial charge in [0, 0.05) is 22.0 Å². The Balaban J connectivity index is 1.54. The first-order chi connectivity index (χ1) is 14.4. The molecule has 8 heteroatoms. The van der Waals surface area contributed by atoms with Crippen molar-refractivity contribution < 1.29 is 9.53 Å². The Bertz CT molecular complexity index is 1200. The van der Waals surface area contributed by atoms with Crippen molar-refractivity contribution in [3.05, 3.63) is 52.3 Å². The number of hydrogen-bond donors (Lipinski definition) is 2. The number of nitrogens with one attached hydrogen (secondary N) is 1. The molecule has 0 saturated heterocycles. The van der Waals surface area contributed by atoms with Gasteiger partial charge in [-0.2, -0.15) is 0 Å². The molecular weight excluding hydrogens is 416 g/mol. The van der Waals surface area contributed by atoms with E-state index in [0.717, 1.165) is 39.3 Å². The Labute approximate surface area is 182 Å². The summed E-state index contributed by atoms with van der Waals surface area (Å²) < 4.78 is 5.18. The zero-order valence-electron chi connectivity index (χ0n) is 16.9. The molecule has 0 radical (unpaired) electrons. The molecule has 0 spiro atoms. The summed E-state index contributed by atoms with van der Waals surface area (Å²) in [6, 6.07) is 11.6. The van der Waals surface area contributed by atoms with Gasteiger partial charge in [-0.3, -0.25) is 10.1 Å². The van der Waals surface area contributed by atoms with Crippen molar-refractivity contribution in [3.63, 3.8) is 0 Å². The lowest BCUT2D eigenvalue weighted by atomic mass is 10.1. The third-order valence-electron chi connectivity index (χ3n) is 4.59. The first-order valence-electron chi connectivity index (χ1n) is 9.53. The molecule has 0 atom stereocenters. The van der Waals surface area contributed by atoms with Gasteiger partial charge in [-0.15, -0.1) is 22.7 Å². The molecule has 1 amide bonds. The summed E-state index contributed by atoms with van der Waals surface area (Å²) in [6.07, 6.45) is 0.891. The minimum absolute atomic E-state index is 0.267. The predicted octanol–water partition coefficient (Wildman–Crippen LogP) is 5.46. The molecule has 0 aliphatic carbocycles. The van der Waals surface area contributed by atoms with Crippen LogP contribution in [0.5, 0.6) is 5.75 Å². The van der Waals surface area contributed by atoms with Gasteiger partial charge in [0.1, 0.15) is 15.5 Å². The van der Waals surface area contributed by atoms with E-state index < -0.39 is 0 Å². The van der Waals surface area contributed by atoms with Crippen LogP contribution in [0.25, 0.3) is 21.5 Å². The Morgan fingerprint density at radius 2 is 1.93 bits per heavy atom. The number of hydrogen-bond acceptors (Lipinski definition) is 7. The zero-order chi connectivity index (χ0) is 21.3. The van der Waals surface area contributed by atoms with E-state index >= 15 is 0 Å². The first kappa shape index (κ1) is 20.3. The van der Waals surface area contributed by atoms with E-state index in [1.165, 1.54) is 22.7 Å². The maximum absolute atomic E-state index is 12.8. The summed E-state index contributed by atoms with van der Waals surface area (Å²) in [6.45, 7) is 4.31. The Hall–Kier alpha value is -2.97. The van der Waals surface area contributed by atoms with E-state index in [2.05, 4.69) is 29.1 Å². The Morgan fingerprint density at radius 3 is 2.63 bits per heavy atom. The normalized spacial score (nSPS) is 11.2. The van der Waals surface area contributed by atoms with Crippen LogP contribution in [0, 0.1) is 5.92 Å². The average Bonchev–Trinajstić information content (AvgIpc) is 3.32. The lowest BCUT2D eigenvalue weighted by molar-refractivity contribution is 0.103. The second-order valence-electron chi connectivity index (χ2n) is 7.32. The molecule has 1 aromatic carbocycles. The number of nitrogens with zero attached hydrogens (tertiary/aromatic N) is 2. The number of ether oxygens (including phenoxy) is 1. The highest BCUT2D eigenvalue weighted by atomic mass is 32.1. The smallest absolute Gasteiger partial charge is 0.269 e. The fourth-order valence-corrected chi connectivity index (χ4v) is 4.84. The fourth-order valence-electron chi connectivity index (χ4n) is 3.12. The quantitative estimate of drug-likeness (QED) is 0.417. The number of fused-ring (bicyclic) bond motifs is 1. The average molecular weight is 439 g/mol. The highest BCUT2D eigenvalue weighted by Crippen LogP contribution is 2.34. The molecule has 6 nitrogen and oxygen atoms in total. The molecule has 154 valence electrons. The third kappa shape index (κ3) is 4.15. The number of methoxy groups -OCH3 is 1. The number of thiazole rings is 1. The monoisotopic (exact) mass is 438 g/mol. The number of pyridine rings is 1. The number of anilines is 2. The Kier molecular flexibility index (Phi) is 5.69. The van der Waals surface area contributed by atoms with Crippen LogP contribution >= 0.6 is 22.7 Å². The summed E-state index contributed by atoms with van der Waals surface area (Å²) in [4.78, 5) is 23.3. The zero-order valence-corrected chi connectivity index (χ0v) is 18.6. The number of amides is 1. The molecule has 4 rings (SSSR count). The van der Waals surface area contributed by atoms with Crippen LogP contribution in [0.1, 0.15) is 29.2 Å². The number of carbonyl (C=O) groups is 1. The summed E-state index contributed by atoms with van der Waals surface area (Å²) in [7, 11) is 1.63. The molecule has 3 heterocycles. The van der Waals surface area contributed by atoms with Crippen molar-refractivity contribution >= 4 is 49.6 Å². The largest absolute Gasteiger partial charge is 0.497 e. The summed E-state index contributed by atoms with van der Waals surface area (Å²) in [5.74, 6) is 1.03. The molecular formula is C22H22N4O2S2. The number of carbonyl (C=O) groups excluding carboxylic acids is 1. The van der Waals surface area contributed by atoms with E-state index in [1.807, 2.05) is 41.8 Å². The van der Waals surface area contributed by atoms with Crippen molar-refractivity contribution in [2.45, 2.75) is 20.3 Å². The highest BCUT2D eigenvalue weighted by Gasteiger charge is 2.19. The SMILES string of the molecule is COc1ccc(-c2csc(NC(=O)c3sc4nc(CC(C)C)ccc4c3N)n2)cc1. The van der Waals surface area contributed by atoms with E-state index in [-0.39, 0.29) is 5.91 Å². The van der Waals surface area contributed by atoms with Gasteiger partial charge in [0.2, 0.25) is 0 Å². The molecule has 0 saturated carbocycles. The second-order valence-corrected chi connectivity index (χ2v) is 9.18. The number of benzene rings is 1. The van der Waals surface area contributed by atoms with Gasteiger partial charge in [0.05, 0.1) is 18.5 Å². The van der Waals surface area contributed by atoms with Crippen molar-refractivity contribution in [2.24, 2.45) is 5.92 Å². The van der Waals surface area contributed by atoms with Gasteiger partial charge in [0.25, 0.3) is 5.91 Å². The van der Waals surface area contributed by atoms with Crippen molar-refractivity contribution in [1.82, 2.24) is 9.97 Å². The molecule has 0 bridgehead atoms. The molecule has 30 heavy (non-hydrogen) atoms. The van der Waals surface area contributed by atoms with Gasteiger partial charge in [0.15, 0.2) is 5.13 Å². The van der Waals surface area contributed by atoms with Crippen LogP contribution in [0.15, 0.2) is 41.8 Å². The lowest BCUT2D eigenvalue weighted by Crippen LogP contribution is -2.11. The van der Waals surface area contributed by atoms with Crippen LogP contribution in [-0.2, 0) is 6.42 Å². The van der Waals surface area contributed by atoms with Crippen LogP contribution < -0.4 is 15.8 Å². The lowest BCUT2D eigenvalue weighted by Gasteiger charge is -2.03. The fraction of sp³-hybridized carbons (Fsp3) is 0.227.